The van der Waals surface area contributed by atoms with E-state index in [-0.39, 0.29) is 0 Å². The van der Waals surface area contributed by atoms with Crippen LogP contribution in [-0.2, 0) is 4.79 Å². The Kier molecular flexibility index (Phi) is 5.40. The summed E-state index contributed by atoms with van der Waals surface area (Å²) in [4.78, 5) is 11.4. The molecule has 1 aromatic carbocycles. The Morgan fingerprint density at radius 2 is 1.94 bits per heavy atom. The van der Waals surface area contributed by atoms with Gasteiger partial charge in [-0.1, -0.05) is 32.0 Å². The van der Waals surface area contributed by atoms with Crippen molar-refractivity contribution >= 4 is 5.78 Å². The topological polar surface area (TPSA) is 17.1 Å². The Labute approximate surface area is 105 Å². The highest BCUT2D eigenvalue weighted by molar-refractivity contribution is 5.78. The average Bonchev–Trinajstić information content (AvgIpc) is 2.34. The first-order chi connectivity index (χ1) is 8.10. The van der Waals surface area contributed by atoms with Crippen molar-refractivity contribution in [3.8, 4) is 0 Å². The number of aryl methyl sites for hydroxylation is 1. The van der Waals surface area contributed by atoms with Crippen molar-refractivity contribution in [2.24, 2.45) is 0 Å². The first-order valence-electron chi connectivity index (χ1n) is 6.67. The fraction of sp³-hybridized carbons (Fsp3) is 0.562. The van der Waals surface area contributed by atoms with Crippen LogP contribution in [0.1, 0.15) is 62.1 Å². The smallest absolute Gasteiger partial charge is 0.132 e. The largest absolute Gasteiger partial charge is 0.300 e. The maximum absolute atomic E-state index is 11.4. The summed E-state index contributed by atoms with van der Waals surface area (Å²) in [7, 11) is 0. The fourth-order valence-corrected chi connectivity index (χ4v) is 2.31. The number of Topliss-reactive ketones (excluding diaryl/α,β-unsaturated/α-hetero) is 1. The van der Waals surface area contributed by atoms with Crippen LogP contribution in [0, 0.1) is 13.8 Å². The number of rotatable bonds is 6. The van der Waals surface area contributed by atoms with Gasteiger partial charge in [0.15, 0.2) is 0 Å². The van der Waals surface area contributed by atoms with Gasteiger partial charge in [-0.15, -0.1) is 0 Å². The van der Waals surface area contributed by atoms with Crippen molar-refractivity contribution in [2.45, 2.75) is 59.3 Å². The van der Waals surface area contributed by atoms with E-state index in [2.05, 4.69) is 39.0 Å². The van der Waals surface area contributed by atoms with Crippen molar-refractivity contribution in [2.75, 3.05) is 0 Å². The second-order valence-electron chi connectivity index (χ2n) is 4.83. The first kappa shape index (κ1) is 14.0. The number of carbonyl (C=O) groups is 1. The van der Waals surface area contributed by atoms with Gasteiger partial charge in [0.05, 0.1) is 0 Å². The van der Waals surface area contributed by atoms with Gasteiger partial charge in [0.25, 0.3) is 0 Å². The van der Waals surface area contributed by atoms with Crippen LogP contribution in [0.15, 0.2) is 18.2 Å². The monoisotopic (exact) mass is 232 g/mol. The lowest BCUT2D eigenvalue weighted by atomic mass is 9.86. The van der Waals surface area contributed by atoms with Crippen LogP contribution in [-0.4, -0.2) is 5.78 Å². The van der Waals surface area contributed by atoms with Crippen molar-refractivity contribution in [3.05, 3.63) is 34.9 Å². The molecular formula is C16H24O. The van der Waals surface area contributed by atoms with Gasteiger partial charge in [0, 0.05) is 12.8 Å². The third-order valence-corrected chi connectivity index (χ3v) is 3.75. The molecule has 0 spiro atoms. The van der Waals surface area contributed by atoms with E-state index in [9.17, 15) is 4.79 Å². The zero-order valence-electron chi connectivity index (χ0n) is 11.5. The molecule has 0 radical (unpaired) electrons. The molecule has 0 aliphatic carbocycles. The third kappa shape index (κ3) is 3.69. The summed E-state index contributed by atoms with van der Waals surface area (Å²) >= 11 is 0. The zero-order chi connectivity index (χ0) is 12.8. The molecule has 0 bridgehead atoms. The Hall–Kier alpha value is -1.11. The molecular weight excluding hydrogens is 208 g/mol. The van der Waals surface area contributed by atoms with E-state index < -0.39 is 0 Å². The number of ketones is 1. The number of benzene rings is 1. The summed E-state index contributed by atoms with van der Waals surface area (Å²) in [5.74, 6) is 0.916. The molecule has 1 atom stereocenters. The van der Waals surface area contributed by atoms with Crippen LogP contribution in [0.25, 0.3) is 0 Å². The van der Waals surface area contributed by atoms with Crippen LogP contribution in [0.5, 0.6) is 0 Å². The Balaban J connectivity index is 2.79. The molecule has 1 aromatic rings. The van der Waals surface area contributed by atoms with Crippen molar-refractivity contribution in [3.63, 3.8) is 0 Å². The fourth-order valence-electron chi connectivity index (χ4n) is 2.31. The number of carbonyl (C=O) groups excluding carboxylic acids is 1. The maximum atomic E-state index is 11.4. The van der Waals surface area contributed by atoms with Gasteiger partial charge in [0.1, 0.15) is 5.78 Å². The minimum absolute atomic E-state index is 0.383. The Morgan fingerprint density at radius 3 is 2.53 bits per heavy atom. The van der Waals surface area contributed by atoms with Gasteiger partial charge < -0.3 is 0 Å². The van der Waals surface area contributed by atoms with E-state index in [1.54, 1.807) is 0 Å². The predicted molar refractivity (Wildman–Crippen MR) is 73.5 cm³/mol. The minimum atomic E-state index is 0.383. The number of hydrogen-bond acceptors (Lipinski definition) is 1. The standard InChI is InChI=1S/C16H24O/c1-5-14(10-11-15(17)6-2)16-9-7-8-12(3)13(16)4/h7-9,14H,5-6,10-11H2,1-4H3. The summed E-state index contributed by atoms with van der Waals surface area (Å²) in [5, 5.41) is 0. The van der Waals surface area contributed by atoms with E-state index in [4.69, 9.17) is 0 Å². The molecule has 0 aromatic heterocycles. The molecule has 1 unspecified atom stereocenters. The quantitative estimate of drug-likeness (QED) is 0.703. The van der Waals surface area contributed by atoms with E-state index in [1.807, 2.05) is 6.92 Å². The summed E-state index contributed by atoms with van der Waals surface area (Å²) in [6.45, 7) is 8.50. The molecule has 1 nitrogen and oxygen atoms in total. The number of hydrogen-bond donors (Lipinski definition) is 0. The average molecular weight is 232 g/mol. The molecule has 0 heterocycles. The van der Waals surface area contributed by atoms with Gasteiger partial charge in [-0.2, -0.15) is 0 Å². The molecule has 94 valence electrons. The summed E-state index contributed by atoms with van der Waals surface area (Å²) in [6.07, 6.45) is 3.50. The second-order valence-corrected chi connectivity index (χ2v) is 4.83. The molecule has 0 saturated heterocycles. The summed E-state index contributed by atoms with van der Waals surface area (Å²) in [6, 6.07) is 6.50. The molecule has 0 aliphatic heterocycles. The zero-order valence-corrected chi connectivity index (χ0v) is 11.5. The van der Waals surface area contributed by atoms with E-state index in [1.165, 1.54) is 16.7 Å². The lowest BCUT2D eigenvalue weighted by Crippen LogP contribution is -2.05. The summed E-state index contributed by atoms with van der Waals surface area (Å²) in [5.41, 5.74) is 4.17. The van der Waals surface area contributed by atoms with Gasteiger partial charge >= 0.3 is 0 Å². The SMILES string of the molecule is CCC(=O)CCC(CC)c1cccc(C)c1C. The predicted octanol–water partition coefficient (Wildman–Crippen LogP) is 4.56. The maximum Gasteiger partial charge on any atom is 0.132 e. The van der Waals surface area contributed by atoms with Crippen molar-refractivity contribution in [1.82, 2.24) is 0 Å². The molecule has 0 amide bonds. The Bertz CT molecular complexity index is 379. The Morgan fingerprint density at radius 1 is 1.24 bits per heavy atom. The van der Waals surface area contributed by atoms with E-state index >= 15 is 0 Å². The second kappa shape index (κ2) is 6.58. The third-order valence-electron chi connectivity index (χ3n) is 3.75. The first-order valence-corrected chi connectivity index (χ1v) is 6.67. The highest BCUT2D eigenvalue weighted by Crippen LogP contribution is 2.29. The normalized spacial score (nSPS) is 12.5. The molecule has 1 heteroatoms. The van der Waals surface area contributed by atoms with Crippen molar-refractivity contribution < 1.29 is 4.79 Å². The highest BCUT2D eigenvalue weighted by Gasteiger charge is 2.13. The van der Waals surface area contributed by atoms with Crippen LogP contribution < -0.4 is 0 Å². The molecule has 0 fully saturated rings. The molecule has 1 rings (SSSR count). The lowest BCUT2D eigenvalue weighted by molar-refractivity contribution is -0.118. The van der Waals surface area contributed by atoms with Gasteiger partial charge in [0.2, 0.25) is 0 Å². The summed E-state index contributed by atoms with van der Waals surface area (Å²) < 4.78 is 0. The van der Waals surface area contributed by atoms with Gasteiger partial charge in [-0.25, -0.2) is 0 Å². The highest BCUT2D eigenvalue weighted by atomic mass is 16.1. The van der Waals surface area contributed by atoms with Crippen LogP contribution >= 0.6 is 0 Å². The van der Waals surface area contributed by atoms with Crippen LogP contribution in [0.4, 0.5) is 0 Å². The van der Waals surface area contributed by atoms with Gasteiger partial charge in [-0.3, -0.25) is 4.79 Å². The van der Waals surface area contributed by atoms with Gasteiger partial charge in [-0.05, 0) is 49.3 Å². The molecule has 0 N–H and O–H groups in total. The van der Waals surface area contributed by atoms with Crippen LogP contribution in [0.2, 0.25) is 0 Å². The molecule has 0 saturated carbocycles. The van der Waals surface area contributed by atoms with Crippen molar-refractivity contribution in [1.29, 1.82) is 0 Å². The molecule has 0 aliphatic rings. The van der Waals surface area contributed by atoms with E-state index in [0.717, 1.165) is 19.3 Å². The van der Waals surface area contributed by atoms with E-state index in [0.29, 0.717) is 18.1 Å². The molecule has 17 heavy (non-hydrogen) atoms. The lowest BCUT2D eigenvalue weighted by Gasteiger charge is -2.18. The minimum Gasteiger partial charge on any atom is -0.300 e. The van der Waals surface area contributed by atoms with Crippen LogP contribution in [0.3, 0.4) is 0 Å².